The fourth-order valence-electron chi connectivity index (χ4n) is 2.72. The molecule has 0 saturated carbocycles. The summed E-state index contributed by atoms with van der Waals surface area (Å²) in [4.78, 5) is 17.3. The highest BCUT2D eigenvalue weighted by Crippen LogP contribution is 2.35. The predicted molar refractivity (Wildman–Crippen MR) is 95.6 cm³/mol. The van der Waals surface area contributed by atoms with Gasteiger partial charge in [-0.1, -0.05) is 17.4 Å². The first-order valence-electron chi connectivity index (χ1n) is 7.82. The average molecular weight is 357 g/mol. The number of non-ortho nitro benzene ring substituents is 1. The van der Waals surface area contributed by atoms with Gasteiger partial charge >= 0.3 is 0 Å². The second kappa shape index (κ2) is 6.21. The highest BCUT2D eigenvalue weighted by atomic mass is 32.1. The normalized spacial score (nSPS) is 12.5. The number of hydrogen-bond donors (Lipinski definition) is 0. The Balaban J connectivity index is 1.62. The molecule has 25 heavy (non-hydrogen) atoms. The summed E-state index contributed by atoms with van der Waals surface area (Å²) in [6, 6.07) is 10.7. The van der Waals surface area contributed by atoms with Crippen LogP contribution in [0.2, 0.25) is 0 Å². The molecule has 7 nitrogen and oxygen atoms in total. The number of aromatic nitrogens is 1. The SMILES string of the molecule is CCN(Cc1ccc2c(c1)OCO2)c1nc2ccc([N+](=O)[O-])cc2s1. The Hall–Kier alpha value is -2.87. The van der Waals surface area contributed by atoms with E-state index < -0.39 is 0 Å². The third-order valence-electron chi connectivity index (χ3n) is 4.03. The van der Waals surface area contributed by atoms with E-state index in [1.165, 1.54) is 17.4 Å². The lowest BCUT2D eigenvalue weighted by Gasteiger charge is -2.19. The van der Waals surface area contributed by atoms with E-state index in [2.05, 4.69) is 16.8 Å². The van der Waals surface area contributed by atoms with Crippen molar-refractivity contribution in [1.29, 1.82) is 0 Å². The molecule has 0 N–H and O–H groups in total. The van der Waals surface area contributed by atoms with Gasteiger partial charge in [-0.25, -0.2) is 4.98 Å². The maximum Gasteiger partial charge on any atom is 0.270 e. The summed E-state index contributed by atoms with van der Waals surface area (Å²) < 4.78 is 11.6. The third-order valence-corrected chi connectivity index (χ3v) is 5.11. The Morgan fingerprint density at radius 3 is 2.88 bits per heavy atom. The van der Waals surface area contributed by atoms with Crippen LogP contribution in [0.25, 0.3) is 10.2 Å². The molecule has 1 aromatic heterocycles. The molecule has 0 amide bonds. The summed E-state index contributed by atoms with van der Waals surface area (Å²) in [5.74, 6) is 1.52. The lowest BCUT2D eigenvalue weighted by molar-refractivity contribution is -0.384. The van der Waals surface area contributed by atoms with E-state index in [4.69, 9.17) is 9.47 Å². The zero-order valence-electron chi connectivity index (χ0n) is 13.5. The summed E-state index contributed by atoms with van der Waals surface area (Å²) in [5.41, 5.74) is 1.95. The number of benzene rings is 2. The van der Waals surface area contributed by atoms with Crippen molar-refractivity contribution in [3.63, 3.8) is 0 Å². The maximum atomic E-state index is 10.9. The number of fused-ring (bicyclic) bond motifs is 2. The molecule has 0 spiro atoms. The number of ether oxygens (including phenoxy) is 2. The van der Waals surface area contributed by atoms with Crippen LogP contribution in [-0.4, -0.2) is 23.2 Å². The molecule has 8 heteroatoms. The van der Waals surface area contributed by atoms with Crippen molar-refractivity contribution in [2.24, 2.45) is 0 Å². The van der Waals surface area contributed by atoms with Gasteiger partial charge in [-0.15, -0.1) is 0 Å². The number of hydrogen-bond acceptors (Lipinski definition) is 7. The fourth-order valence-corrected chi connectivity index (χ4v) is 3.79. The van der Waals surface area contributed by atoms with Crippen LogP contribution < -0.4 is 14.4 Å². The maximum absolute atomic E-state index is 10.9. The Bertz CT molecular complexity index is 956. The Kier molecular flexibility index (Phi) is 3.89. The molecule has 0 aliphatic carbocycles. The van der Waals surface area contributed by atoms with Crippen molar-refractivity contribution in [3.05, 3.63) is 52.1 Å². The average Bonchev–Trinajstić information content (AvgIpc) is 3.24. The van der Waals surface area contributed by atoms with Gasteiger partial charge in [0, 0.05) is 25.2 Å². The molecular weight excluding hydrogens is 342 g/mol. The second-order valence-corrected chi connectivity index (χ2v) is 6.62. The molecule has 1 aliphatic heterocycles. The first kappa shape index (κ1) is 15.6. The number of thiazole rings is 1. The van der Waals surface area contributed by atoms with Gasteiger partial charge in [0.25, 0.3) is 5.69 Å². The molecule has 0 radical (unpaired) electrons. The van der Waals surface area contributed by atoms with Crippen LogP contribution in [0.3, 0.4) is 0 Å². The molecule has 0 atom stereocenters. The summed E-state index contributed by atoms with van der Waals surface area (Å²) in [6.07, 6.45) is 0. The van der Waals surface area contributed by atoms with Crippen molar-refractivity contribution >= 4 is 32.4 Å². The zero-order chi connectivity index (χ0) is 17.4. The van der Waals surface area contributed by atoms with E-state index >= 15 is 0 Å². The van der Waals surface area contributed by atoms with E-state index in [0.29, 0.717) is 6.54 Å². The first-order chi connectivity index (χ1) is 12.1. The standard InChI is InChI=1S/C17H15N3O4S/c1-2-19(9-11-3-6-14-15(7-11)24-10-23-14)17-18-13-5-4-12(20(21)22)8-16(13)25-17/h3-8H,2,9-10H2,1H3. The summed E-state index contributed by atoms with van der Waals surface area (Å²) in [7, 11) is 0. The molecule has 128 valence electrons. The van der Waals surface area contributed by atoms with Crippen LogP contribution in [-0.2, 0) is 6.54 Å². The summed E-state index contributed by atoms with van der Waals surface area (Å²) in [5, 5.41) is 11.8. The molecule has 0 bridgehead atoms. The number of rotatable bonds is 5. The van der Waals surface area contributed by atoms with E-state index in [-0.39, 0.29) is 17.4 Å². The number of anilines is 1. The van der Waals surface area contributed by atoms with E-state index in [1.807, 2.05) is 18.2 Å². The van der Waals surface area contributed by atoms with E-state index in [0.717, 1.165) is 39.0 Å². The van der Waals surface area contributed by atoms with Gasteiger partial charge in [-0.3, -0.25) is 10.1 Å². The van der Waals surface area contributed by atoms with Gasteiger partial charge in [-0.05, 0) is 30.7 Å². The van der Waals surface area contributed by atoms with Crippen molar-refractivity contribution in [1.82, 2.24) is 4.98 Å². The fraction of sp³-hybridized carbons (Fsp3) is 0.235. The number of nitrogens with zero attached hydrogens (tertiary/aromatic N) is 3. The minimum Gasteiger partial charge on any atom is -0.454 e. The molecule has 4 rings (SSSR count). The Labute approximate surface area is 147 Å². The van der Waals surface area contributed by atoms with Crippen molar-refractivity contribution < 1.29 is 14.4 Å². The largest absolute Gasteiger partial charge is 0.454 e. The molecule has 0 unspecified atom stereocenters. The molecule has 1 aliphatic rings. The lowest BCUT2D eigenvalue weighted by Crippen LogP contribution is -2.21. The zero-order valence-corrected chi connectivity index (χ0v) is 14.3. The monoisotopic (exact) mass is 357 g/mol. The quantitative estimate of drug-likeness (QED) is 0.508. The van der Waals surface area contributed by atoms with Crippen molar-refractivity contribution in [2.75, 3.05) is 18.2 Å². The van der Waals surface area contributed by atoms with Gasteiger partial charge in [0.2, 0.25) is 6.79 Å². The topological polar surface area (TPSA) is 77.7 Å². The third kappa shape index (κ3) is 2.96. The number of nitro groups is 1. The van der Waals surface area contributed by atoms with Crippen LogP contribution in [0.15, 0.2) is 36.4 Å². The minimum absolute atomic E-state index is 0.0847. The highest BCUT2D eigenvalue weighted by molar-refractivity contribution is 7.22. The Morgan fingerprint density at radius 1 is 1.24 bits per heavy atom. The predicted octanol–water partition coefficient (Wildman–Crippen LogP) is 3.96. The van der Waals surface area contributed by atoms with E-state index in [9.17, 15) is 10.1 Å². The lowest BCUT2D eigenvalue weighted by atomic mass is 10.2. The van der Waals surface area contributed by atoms with Gasteiger partial charge < -0.3 is 14.4 Å². The smallest absolute Gasteiger partial charge is 0.270 e. The first-order valence-corrected chi connectivity index (χ1v) is 8.64. The molecule has 2 heterocycles. The van der Waals surface area contributed by atoms with Gasteiger partial charge in [-0.2, -0.15) is 0 Å². The van der Waals surface area contributed by atoms with Crippen LogP contribution in [0.4, 0.5) is 10.8 Å². The van der Waals surface area contributed by atoms with E-state index in [1.54, 1.807) is 12.1 Å². The summed E-state index contributed by atoms with van der Waals surface area (Å²) >= 11 is 1.46. The van der Waals surface area contributed by atoms with Crippen LogP contribution in [0, 0.1) is 10.1 Å². The van der Waals surface area contributed by atoms with Crippen molar-refractivity contribution in [3.8, 4) is 11.5 Å². The van der Waals surface area contributed by atoms with Crippen LogP contribution in [0.5, 0.6) is 11.5 Å². The van der Waals surface area contributed by atoms with Crippen LogP contribution in [0.1, 0.15) is 12.5 Å². The van der Waals surface area contributed by atoms with Gasteiger partial charge in [0.05, 0.1) is 15.1 Å². The second-order valence-electron chi connectivity index (χ2n) is 5.61. The van der Waals surface area contributed by atoms with Gasteiger partial charge in [0.15, 0.2) is 16.6 Å². The van der Waals surface area contributed by atoms with Crippen molar-refractivity contribution in [2.45, 2.75) is 13.5 Å². The molecule has 0 saturated heterocycles. The molecular formula is C17H15N3O4S. The molecule has 0 fully saturated rings. The van der Waals surface area contributed by atoms with Gasteiger partial charge in [0.1, 0.15) is 0 Å². The van der Waals surface area contributed by atoms with Crippen LogP contribution >= 0.6 is 11.3 Å². The number of nitro benzene ring substituents is 1. The Morgan fingerprint density at radius 2 is 2.08 bits per heavy atom. The summed E-state index contributed by atoms with van der Waals surface area (Å²) in [6.45, 7) is 3.76. The molecule has 3 aromatic rings. The molecule has 2 aromatic carbocycles. The highest BCUT2D eigenvalue weighted by Gasteiger charge is 2.17. The minimum atomic E-state index is -0.386.